The molecule has 0 atom stereocenters. The number of fused-ring (bicyclic) bond motifs is 2. The zero-order valence-corrected chi connectivity index (χ0v) is 23.0. The van der Waals surface area contributed by atoms with Gasteiger partial charge in [0.05, 0.1) is 5.69 Å². The summed E-state index contributed by atoms with van der Waals surface area (Å²) < 4.78 is 0. The molecule has 0 saturated heterocycles. The fourth-order valence-corrected chi connectivity index (χ4v) is 5.73. The van der Waals surface area contributed by atoms with Crippen LogP contribution in [-0.4, -0.2) is 7.05 Å². The van der Waals surface area contributed by atoms with Crippen molar-refractivity contribution in [3.63, 3.8) is 0 Å². The molecule has 0 aromatic heterocycles. The average molecular weight is 527 g/mol. The number of anilines is 5. The van der Waals surface area contributed by atoms with Gasteiger partial charge in [0.15, 0.2) is 0 Å². The summed E-state index contributed by atoms with van der Waals surface area (Å²) in [6, 6.07) is 58.5. The molecular formula is C39H30N2. The van der Waals surface area contributed by atoms with E-state index in [4.69, 9.17) is 0 Å². The van der Waals surface area contributed by atoms with Crippen LogP contribution in [0.1, 0.15) is 0 Å². The highest BCUT2D eigenvalue weighted by Crippen LogP contribution is 2.40. The van der Waals surface area contributed by atoms with Gasteiger partial charge in [-0.05, 0) is 70.4 Å². The Morgan fingerprint density at radius 1 is 0.341 bits per heavy atom. The lowest BCUT2D eigenvalue weighted by Gasteiger charge is -2.28. The standard InChI is InChI=1S/C39H30N2/c1-40(38-19-9-15-31-13-5-7-17-36(31)38)33-25-27-35(28-26-33)41(39-20-10-16-32-14-6-8-18-37(32)39)34-23-21-30(22-24-34)29-11-3-2-4-12-29/h2-28H,1H3. The van der Waals surface area contributed by atoms with Crippen LogP contribution in [0.15, 0.2) is 164 Å². The lowest BCUT2D eigenvalue weighted by Crippen LogP contribution is -2.12. The van der Waals surface area contributed by atoms with Crippen molar-refractivity contribution in [3.05, 3.63) is 164 Å². The van der Waals surface area contributed by atoms with Gasteiger partial charge in [0.1, 0.15) is 0 Å². The molecule has 41 heavy (non-hydrogen) atoms. The highest BCUT2D eigenvalue weighted by atomic mass is 15.1. The second kappa shape index (κ2) is 10.7. The molecule has 0 bridgehead atoms. The lowest BCUT2D eigenvalue weighted by atomic mass is 10.0. The molecule has 0 aliphatic rings. The van der Waals surface area contributed by atoms with Gasteiger partial charge in [0, 0.05) is 40.6 Å². The van der Waals surface area contributed by atoms with Gasteiger partial charge in [-0.1, -0.05) is 115 Å². The predicted octanol–water partition coefficient (Wildman–Crippen LogP) is 10.9. The van der Waals surface area contributed by atoms with E-state index in [1.807, 2.05) is 0 Å². The normalized spacial score (nSPS) is 11.0. The molecule has 0 N–H and O–H groups in total. The van der Waals surface area contributed by atoms with Crippen molar-refractivity contribution in [1.29, 1.82) is 0 Å². The monoisotopic (exact) mass is 526 g/mol. The van der Waals surface area contributed by atoms with E-state index in [9.17, 15) is 0 Å². The second-order valence-corrected chi connectivity index (χ2v) is 10.3. The van der Waals surface area contributed by atoms with Crippen LogP contribution in [-0.2, 0) is 0 Å². The maximum absolute atomic E-state index is 2.36. The molecule has 0 saturated carbocycles. The Bertz CT molecular complexity index is 1930. The highest BCUT2D eigenvalue weighted by molar-refractivity contribution is 5.99. The van der Waals surface area contributed by atoms with Gasteiger partial charge in [-0.2, -0.15) is 0 Å². The molecule has 2 heteroatoms. The van der Waals surface area contributed by atoms with Crippen LogP contribution in [0.5, 0.6) is 0 Å². The zero-order valence-electron chi connectivity index (χ0n) is 23.0. The van der Waals surface area contributed by atoms with Crippen LogP contribution in [0.4, 0.5) is 28.4 Å². The van der Waals surface area contributed by atoms with E-state index in [2.05, 4.69) is 181 Å². The Morgan fingerprint density at radius 2 is 0.780 bits per heavy atom. The number of hydrogen-bond donors (Lipinski definition) is 0. The highest BCUT2D eigenvalue weighted by Gasteiger charge is 2.16. The van der Waals surface area contributed by atoms with E-state index in [0.717, 1.165) is 22.7 Å². The van der Waals surface area contributed by atoms with Crippen molar-refractivity contribution in [1.82, 2.24) is 0 Å². The minimum absolute atomic E-state index is 1.11. The second-order valence-electron chi connectivity index (χ2n) is 10.3. The molecule has 0 aliphatic carbocycles. The zero-order chi connectivity index (χ0) is 27.6. The summed E-state index contributed by atoms with van der Waals surface area (Å²) in [5, 5.41) is 4.94. The lowest BCUT2D eigenvalue weighted by molar-refractivity contribution is 1.21. The van der Waals surface area contributed by atoms with Crippen LogP contribution >= 0.6 is 0 Å². The maximum atomic E-state index is 2.36. The summed E-state index contributed by atoms with van der Waals surface area (Å²) in [5.41, 5.74) is 8.15. The van der Waals surface area contributed by atoms with Crippen molar-refractivity contribution in [3.8, 4) is 11.1 Å². The van der Waals surface area contributed by atoms with E-state index in [1.54, 1.807) is 0 Å². The van der Waals surface area contributed by atoms with Gasteiger partial charge in [-0.15, -0.1) is 0 Å². The quantitative estimate of drug-likeness (QED) is 0.213. The number of nitrogens with zero attached hydrogens (tertiary/aromatic N) is 2. The van der Waals surface area contributed by atoms with E-state index in [-0.39, 0.29) is 0 Å². The van der Waals surface area contributed by atoms with Crippen LogP contribution in [0.3, 0.4) is 0 Å². The Hall–Kier alpha value is -5.34. The SMILES string of the molecule is CN(c1ccc(N(c2ccc(-c3ccccc3)cc2)c2cccc3ccccc23)cc1)c1cccc2ccccc12. The van der Waals surface area contributed by atoms with E-state index in [1.165, 1.54) is 38.4 Å². The third kappa shape index (κ3) is 4.70. The topological polar surface area (TPSA) is 6.48 Å². The van der Waals surface area contributed by atoms with Crippen LogP contribution in [0, 0.1) is 0 Å². The summed E-state index contributed by atoms with van der Waals surface area (Å²) in [6.45, 7) is 0. The first-order valence-corrected chi connectivity index (χ1v) is 14.0. The van der Waals surface area contributed by atoms with Crippen molar-refractivity contribution in [2.75, 3.05) is 16.8 Å². The smallest absolute Gasteiger partial charge is 0.0540 e. The molecule has 196 valence electrons. The van der Waals surface area contributed by atoms with Gasteiger partial charge >= 0.3 is 0 Å². The van der Waals surface area contributed by atoms with Crippen molar-refractivity contribution in [2.45, 2.75) is 0 Å². The third-order valence-corrected chi connectivity index (χ3v) is 7.86. The molecule has 7 aromatic carbocycles. The first kappa shape index (κ1) is 24.7. The Labute approximate surface area is 241 Å². The summed E-state index contributed by atoms with van der Waals surface area (Å²) in [7, 11) is 2.14. The first-order chi connectivity index (χ1) is 20.3. The fraction of sp³-hybridized carbons (Fsp3) is 0.0256. The summed E-state index contributed by atoms with van der Waals surface area (Å²) >= 11 is 0. The van der Waals surface area contributed by atoms with E-state index in [0.29, 0.717) is 0 Å². The molecule has 0 radical (unpaired) electrons. The maximum Gasteiger partial charge on any atom is 0.0540 e. The van der Waals surface area contributed by atoms with Gasteiger partial charge in [-0.3, -0.25) is 0 Å². The fourth-order valence-electron chi connectivity index (χ4n) is 5.73. The first-order valence-electron chi connectivity index (χ1n) is 14.0. The Balaban J connectivity index is 1.31. The summed E-state index contributed by atoms with van der Waals surface area (Å²) in [6.07, 6.45) is 0. The predicted molar refractivity (Wildman–Crippen MR) is 176 cm³/mol. The van der Waals surface area contributed by atoms with Gasteiger partial charge in [0.2, 0.25) is 0 Å². The van der Waals surface area contributed by atoms with E-state index < -0.39 is 0 Å². The molecule has 0 unspecified atom stereocenters. The van der Waals surface area contributed by atoms with Gasteiger partial charge in [-0.25, -0.2) is 0 Å². The van der Waals surface area contributed by atoms with Crippen molar-refractivity contribution < 1.29 is 0 Å². The van der Waals surface area contributed by atoms with E-state index >= 15 is 0 Å². The molecule has 0 amide bonds. The number of hydrogen-bond acceptors (Lipinski definition) is 2. The summed E-state index contributed by atoms with van der Waals surface area (Å²) in [4.78, 5) is 4.63. The molecule has 0 heterocycles. The Kier molecular flexibility index (Phi) is 6.42. The van der Waals surface area contributed by atoms with Crippen molar-refractivity contribution >= 4 is 50.0 Å². The van der Waals surface area contributed by atoms with Crippen LogP contribution in [0.2, 0.25) is 0 Å². The minimum atomic E-state index is 1.11. The molecule has 0 aliphatic heterocycles. The van der Waals surface area contributed by atoms with Crippen molar-refractivity contribution in [2.24, 2.45) is 0 Å². The molecule has 7 aromatic rings. The molecule has 0 fully saturated rings. The molecular weight excluding hydrogens is 496 g/mol. The molecule has 0 spiro atoms. The molecule has 7 rings (SSSR count). The molecule has 2 nitrogen and oxygen atoms in total. The van der Waals surface area contributed by atoms with Crippen LogP contribution in [0.25, 0.3) is 32.7 Å². The van der Waals surface area contributed by atoms with Crippen LogP contribution < -0.4 is 9.80 Å². The number of rotatable bonds is 6. The van der Waals surface area contributed by atoms with Gasteiger partial charge in [0.25, 0.3) is 0 Å². The largest absolute Gasteiger partial charge is 0.344 e. The summed E-state index contributed by atoms with van der Waals surface area (Å²) in [5.74, 6) is 0. The minimum Gasteiger partial charge on any atom is -0.344 e. The van der Waals surface area contributed by atoms with Gasteiger partial charge < -0.3 is 9.80 Å². The third-order valence-electron chi connectivity index (χ3n) is 7.86. The Morgan fingerprint density at radius 3 is 1.41 bits per heavy atom. The average Bonchev–Trinajstić information content (AvgIpc) is 3.05. The number of benzene rings is 7.